The molecule has 0 aliphatic carbocycles. The SMILES string of the molecule is O=C(O)c1ccccc1-c1cccnc1-c1ccccn1. The molecular weight excluding hydrogens is 264 g/mol. The van der Waals surface area contributed by atoms with E-state index in [9.17, 15) is 9.90 Å². The van der Waals surface area contributed by atoms with Crippen molar-refractivity contribution in [1.82, 2.24) is 9.97 Å². The van der Waals surface area contributed by atoms with Gasteiger partial charge in [0.2, 0.25) is 0 Å². The van der Waals surface area contributed by atoms with Crippen molar-refractivity contribution in [1.29, 1.82) is 0 Å². The van der Waals surface area contributed by atoms with Crippen molar-refractivity contribution in [3.8, 4) is 22.5 Å². The molecule has 0 aliphatic heterocycles. The molecule has 3 aromatic rings. The Morgan fingerprint density at radius 2 is 1.52 bits per heavy atom. The van der Waals surface area contributed by atoms with Crippen molar-refractivity contribution < 1.29 is 9.90 Å². The molecule has 0 bridgehead atoms. The summed E-state index contributed by atoms with van der Waals surface area (Å²) < 4.78 is 0. The average Bonchev–Trinajstić information content (AvgIpc) is 2.55. The third-order valence-electron chi connectivity index (χ3n) is 3.16. The van der Waals surface area contributed by atoms with Gasteiger partial charge in [-0.25, -0.2) is 4.79 Å². The fourth-order valence-electron chi connectivity index (χ4n) is 2.23. The first kappa shape index (κ1) is 13.0. The van der Waals surface area contributed by atoms with Gasteiger partial charge in [-0.1, -0.05) is 30.3 Å². The number of carboxylic acids is 1. The summed E-state index contributed by atoms with van der Waals surface area (Å²) in [5, 5.41) is 9.35. The summed E-state index contributed by atoms with van der Waals surface area (Å²) in [6, 6.07) is 16.1. The van der Waals surface area contributed by atoms with E-state index in [1.165, 1.54) is 0 Å². The predicted octanol–water partition coefficient (Wildman–Crippen LogP) is 3.51. The Labute approximate surface area is 121 Å². The largest absolute Gasteiger partial charge is 0.478 e. The maximum Gasteiger partial charge on any atom is 0.336 e. The normalized spacial score (nSPS) is 10.3. The first-order valence-corrected chi connectivity index (χ1v) is 6.46. The van der Waals surface area contributed by atoms with Crippen molar-refractivity contribution in [3.05, 3.63) is 72.6 Å². The van der Waals surface area contributed by atoms with Gasteiger partial charge in [0.15, 0.2) is 0 Å². The van der Waals surface area contributed by atoms with Gasteiger partial charge in [-0.2, -0.15) is 0 Å². The number of rotatable bonds is 3. The van der Waals surface area contributed by atoms with Crippen molar-refractivity contribution in [2.75, 3.05) is 0 Å². The number of carboxylic acid groups (broad SMARTS) is 1. The van der Waals surface area contributed by atoms with Crippen LogP contribution in [0.2, 0.25) is 0 Å². The highest BCUT2D eigenvalue weighted by atomic mass is 16.4. The third-order valence-corrected chi connectivity index (χ3v) is 3.16. The third kappa shape index (κ3) is 2.51. The van der Waals surface area contributed by atoms with Gasteiger partial charge in [0.1, 0.15) is 0 Å². The highest BCUT2D eigenvalue weighted by Gasteiger charge is 2.15. The highest BCUT2D eigenvalue weighted by Crippen LogP contribution is 2.31. The molecule has 1 aromatic carbocycles. The number of hydrogen-bond acceptors (Lipinski definition) is 3. The molecule has 0 radical (unpaired) electrons. The molecule has 0 fully saturated rings. The zero-order valence-electron chi connectivity index (χ0n) is 11.1. The molecule has 102 valence electrons. The summed E-state index contributed by atoms with van der Waals surface area (Å²) in [6.45, 7) is 0. The van der Waals surface area contributed by atoms with Crippen LogP contribution in [-0.2, 0) is 0 Å². The number of benzene rings is 1. The van der Waals surface area contributed by atoms with E-state index >= 15 is 0 Å². The van der Waals surface area contributed by atoms with Gasteiger partial charge >= 0.3 is 5.97 Å². The van der Waals surface area contributed by atoms with Crippen molar-refractivity contribution in [2.45, 2.75) is 0 Å². The van der Waals surface area contributed by atoms with Crippen LogP contribution in [0.5, 0.6) is 0 Å². The number of pyridine rings is 2. The Balaban J connectivity index is 2.24. The maximum absolute atomic E-state index is 11.4. The maximum atomic E-state index is 11.4. The van der Waals surface area contributed by atoms with Crippen molar-refractivity contribution in [2.24, 2.45) is 0 Å². The number of carbonyl (C=O) groups is 1. The smallest absolute Gasteiger partial charge is 0.336 e. The lowest BCUT2D eigenvalue weighted by Gasteiger charge is -2.10. The second-order valence-corrected chi connectivity index (χ2v) is 4.47. The average molecular weight is 276 g/mol. The second-order valence-electron chi connectivity index (χ2n) is 4.47. The molecule has 21 heavy (non-hydrogen) atoms. The molecule has 0 saturated carbocycles. The molecule has 0 amide bonds. The second kappa shape index (κ2) is 5.54. The topological polar surface area (TPSA) is 63.1 Å². The zero-order chi connectivity index (χ0) is 14.7. The van der Waals surface area contributed by atoms with E-state index in [2.05, 4.69) is 9.97 Å². The molecule has 0 unspecified atom stereocenters. The molecule has 0 atom stereocenters. The van der Waals surface area contributed by atoms with E-state index < -0.39 is 5.97 Å². The molecule has 0 spiro atoms. The van der Waals surface area contributed by atoms with Gasteiger partial charge in [0.25, 0.3) is 0 Å². The van der Waals surface area contributed by atoms with Crippen LogP contribution in [0.4, 0.5) is 0 Å². The van der Waals surface area contributed by atoms with Gasteiger partial charge in [-0.3, -0.25) is 9.97 Å². The van der Waals surface area contributed by atoms with Crippen LogP contribution >= 0.6 is 0 Å². The zero-order valence-corrected chi connectivity index (χ0v) is 11.1. The fraction of sp³-hybridized carbons (Fsp3) is 0. The first-order valence-electron chi connectivity index (χ1n) is 6.46. The van der Waals surface area contributed by atoms with Gasteiger partial charge in [-0.15, -0.1) is 0 Å². The Morgan fingerprint density at radius 1 is 0.810 bits per heavy atom. The summed E-state index contributed by atoms with van der Waals surface area (Å²) in [4.78, 5) is 20.1. The molecule has 4 nitrogen and oxygen atoms in total. The molecule has 4 heteroatoms. The van der Waals surface area contributed by atoms with Crippen LogP contribution in [0.15, 0.2) is 67.0 Å². The highest BCUT2D eigenvalue weighted by molar-refractivity contribution is 5.98. The van der Waals surface area contributed by atoms with E-state index in [-0.39, 0.29) is 5.56 Å². The van der Waals surface area contributed by atoms with Crippen LogP contribution in [0.1, 0.15) is 10.4 Å². The minimum absolute atomic E-state index is 0.252. The van der Waals surface area contributed by atoms with Gasteiger partial charge in [0, 0.05) is 18.0 Å². The van der Waals surface area contributed by atoms with Crippen molar-refractivity contribution in [3.63, 3.8) is 0 Å². The molecular formula is C17H12N2O2. The molecule has 0 saturated heterocycles. The Hall–Kier alpha value is -3.01. The standard InChI is InChI=1S/C17H12N2O2/c20-17(21)14-7-2-1-6-12(14)13-8-5-11-19-16(13)15-9-3-4-10-18-15/h1-11H,(H,20,21). The van der Waals surface area contributed by atoms with Crippen LogP contribution < -0.4 is 0 Å². The number of aromatic nitrogens is 2. The van der Waals surface area contributed by atoms with Gasteiger partial charge in [-0.05, 0) is 29.8 Å². The predicted molar refractivity (Wildman–Crippen MR) is 79.9 cm³/mol. The van der Waals surface area contributed by atoms with E-state index in [1.807, 2.05) is 30.3 Å². The fourth-order valence-corrected chi connectivity index (χ4v) is 2.23. The monoisotopic (exact) mass is 276 g/mol. The van der Waals surface area contributed by atoms with Crippen LogP contribution in [0.3, 0.4) is 0 Å². The van der Waals surface area contributed by atoms with Crippen molar-refractivity contribution >= 4 is 5.97 Å². The lowest BCUT2D eigenvalue weighted by Crippen LogP contribution is -2.00. The minimum Gasteiger partial charge on any atom is -0.478 e. The molecule has 2 aromatic heterocycles. The summed E-state index contributed by atoms with van der Waals surface area (Å²) in [5.74, 6) is -0.957. The van der Waals surface area contributed by atoms with E-state index in [0.717, 1.165) is 5.56 Å². The van der Waals surface area contributed by atoms with Gasteiger partial charge < -0.3 is 5.11 Å². The number of aromatic carboxylic acids is 1. The number of nitrogens with zero attached hydrogens (tertiary/aromatic N) is 2. The van der Waals surface area contributed by atoms with Crippen LogP contribution in [-0.4, -0.2) is 21.0 Å². The summed E-state index contributed by atoms with van der Waals surface area (Å²) in [7, 11) is 0. The molecule has 1 N–H and O–H groups in total. The Kier molecular flexibility index (Phi) is 3.43. The summed E-state index contributed by atoms with van der Waals surface area (Å²) in [5.41, 5.74) is 3.04. The minimum atomic E-state index is -0.957. The lowest BCUT2D eigenvalue weighted by molar-refractivity contribution is 0.0697. The Morgan fingerprint density at radius 3 is 2.29 bits per heavy atom. The Bertz CT molecular complexity index is 786. The van der Waals surface area contributed by atoms with Crippen LogP contribution in [0, 0.1) is 0 Å². The van der Waals surface area contributed by atoms with E-state index in [1.54, 1.807) is 36.7 Å². The summed E-state index contributed by atoms with van der Waals surface area (Å²) in [6.07, 6.45) is 3.37. The summed E-state index contributed by atoms with van der Waals surface area (Å²) >= 11 is 0. The molecule has 3 rings (SSSR count). The molecule has 0 aliphatic rings. The number of hydrogen-bond donors (Lipinski definition) is 1. The lowest BCUT2D eigenvalue weighted by atomic mass is 9.97. The van der Waals surface area contributed by atoms with Crippen LogP contribution in [0.25, 0.3) is 22.5 Å². The van der Waals surface area contributed by atoms with E-state index in [4.69, 9.17) is 0 Å². The van der Waals surface area contributed by atoms with E-state index in [0.29, 0.717) is 17.0 Å². The van der Waals surface area contributed by atoms with Gasteiger partial charge in [0.05, 0.1) is 17.0 Å². The molecule has 2 heterocycles. The quantitative estimate of drug-likeness (QED) is 0.795. The first-order chi connectivity index (χ1) is 10.3.